The molecule has 2 heterocycles. The highest BCUT2D eigenvalue weighted by molar-refractivity contribution is 7.17. The fraction of sp³-hybridized carbons (Fsp3) is 0.235. The van der Waals surface area contributed by atoms with Crippen LogP contribution in [0.2, 0.25) is 0 Å². The molecule has 5 rings (SSSR count). The summed E-state index contributed by atoms with van der Waals surface area (Å²) in [6.07, 6.45) is 0. The predicted molar refractivity (Wildman–Crippen MR) is 169 cm³/mol. The second-order valence-corrected chi connectivity index (χ2v) is 11.2. The SMILES string of the molecule is CCOC(=O)c1sc(N2C(=O)C(=O)/C(=C(/O)c3ccc(OCc4ccccc4)cc3C)[C@@H]2c2ccc(O)c(OCC)c2)nc1C. The molecular weight excluding hydrogens is 596 g/mol. The van der Waals surface area contributed by atoms with Crippen LogP contribution < -0.4 is 14.4 Å². The van der Waals surface area contributed by atoms with Crippen molar-refractivity contribution in [3.63, 3.8) is 0 Å². The van der Waals surface area contributed by atoms with Crippen molar-refractivity contribution in [2.45, 2.75) is 40.3 Å². The number of aliphatic hydroxyl groups excluding tert-OH is 1. The monoisotopic (exact) mass is 628 g/mol. The average molecular weight is 629 g/mol. The molecule has 1 saturated heterocycles. The molecule has 0 aliphatic carbocycles. The Labute approximate surface area is 264 Å². The Hall–Kier alpha value is -5.16. The second-order valence-electron chi connectivity index (χ2n) is 10.2. The third-order valence-corrected chi connectivity index (χ3v) is 8.33. The highest BCUT2D eigenvalue weighted by Gasteiger charge is 2.48. The number of aliphatic hydroxyl groups is 1. The maximum atomic E-state index is 13.7. The molecule has 1 atom stereocenters. The number of phenolic OH excluding ortho intramolecular Hbond substituents is 1. The van der Waals surface area contributed by atoms with Gasteiger partial charge in [-0.1, -0.05) is 47.7 Å². The Morgan fingerprint density at radius 1 is 0.978 bits per heavy atom. The lowest BCUT2D eigenvalue weighted by Gasteiger charge is -2.24. The maximum absolute atomic E-state index is 13.7. The van der Waals surface area contributed by atoms with E-state index in [4.69, 9.17) is 14.2 Å². The van der Waals surface area contributed by atoms with Gasteiger partial charge in [-0.3, -0.25) is 14.5 Å². The molecule has 4 aromatic rings. The summed E-state index contributed by atoms with van der Waals surface area (Å²) < 4.78 is 16.6. The minimum atomic E-state index is -1.15. The molecule has 2 N–H and O–H groups in total. The summed E-state index contributed by atoms with van der Waals surface area (Å²) in [4.78, 5) is 45.7. The third kappa shape index (κ3) is 6.25. The normalized spacial score (nSPS) is 15.7. The fourth-order valence-corrected chi connectivity index (χ4v) is 6.05. The highest BCUT2D eigenvalue weighted by atomic mass is 32.1. The molecule has 0 bridgehead atoms. The number of aryl methyl sites for hydroxylation is 2. The fourth-order valence-electron chi connectivity index (χ4n) is 5.07. The molecule has 0 saturated carbocycles. The molecular formula is C34H32N2O8S. The number of nitrogens with zero attached hydrogens (tertiary/aromatic N) is 2. The van der Waals surface area contributed by atoms with Crippen LogP contribution in [0.4, 0.5) is 5.13 Å². The zero-order valence-electron chi connectivity index (χ0n) is 25.2. The number of aromatic hydroxyl groups is 1. The van der Waals surface area contributed by atoms with Crippen molar-refractivity contribution in [1.82, 2.24) is 4.98 Å². The number of thiazole rings is 1. The van der Waals surface area contributed by atoms with E-state index in [1.54, 1.807) is 45.9 Å². The van der Waals surface area contributed by atoms with Crippen molar-refractivity contribution >= 4 is 39.9 Å². The number of benzene rings is 3. The van der Waals surface area contributed by atoms with Crippen LogP contribution in [-0.2, 0) is 20.9 Å². The summed E-state index contributed by atoms with van der Waals surface area (Å²) in [5.74, 6) is -2.28. The molecule has 1 amide bonds. The lowest BCUT2D eigenvalue weighted by atomic mass is 9.93. The Kier molecular flexibility index (Phi) is 9.19. The lowest BCUT2D eigenvalue weighted by Crippen LogP contribution is -2.29. The largest absolute Gasteiger partial charge is 0.507 e. The zero-order valence-corrected chi connectivity index (χ0v) is 26.0. The van der Waals surface area contributed by atoms with E-state index in [0.29, 0.717) is 34.7 Å². The van der Waals surface area contributed by atoms with E-state index >= 15 is 0 Å². The number of carbonyl (C=O) groups excluding carboxylic acids is 3. The molecule has 1 aliphatic rings. The smallest absolute Gasteiger partial charge is 0.350 e. The number of hydrogen-bond donors (Lipinski definition) is 2. The van der Waals surface area contributed by atoms with Gasteiger partial charge in [-0.05, 0) is 74.7 Å². The summed E-state index contributed by atoms with van der Waals surface area (Å²) in [7, 11) is 0. The van der Waals surface area contributed by atoms with Crippen LogP contribution in [0.15, 0.2) is 72.3 Å². The number of amides is 1. The van der Waals surface area contributed by atoms with Gasteiger partial charge in [0.05, 0.1) is 30.5 Å². The number of phenols is 1. The molecule has 1 aromatic heterocycles. The van der Waals surface area contributed by atoms with E-state index in [1.165, 1.54) is 18.2 Å². The van der Waals surface area contributed by atoms with Crippen LogP contribution in [0, 0.1) is 13.8 Å². The highest BCUT2D eigenvalue weighted by Crippen LogP contribution is 2.46. The van der Waals surface area contributed by atoms with Gasteiger partial charge in [-0.15, -0.1) is 0 Å². The maximum Gasteiger partial charge on any atom is 0.350 e. The molecule has 1 aliphatic heterocycles. The van der Waals surface area contributed by atoms with E-state index in [1.807, 2.05) is 30.3 Å². The van der Waals surface area contributed by atoms with E-state index < -0.39 is 29.5 Å². The van der Waals surface area contributed by atoms with Crippen molar-refractivity contribution in [3.05, 3.63) is 105 Å². The summed E-state index contributed by atoms with van der Waals surface area (Å²) in [6.45, 7) is 7.56. The topological polar surface area (TPSA) is 135 Å². The Balaban J connectivity index is 1.61. The van der Waals surface area contributed by atoms with Gasteiger partial charge < -0.3 is 24.4 Å². The zero-order chi connectivity index (χ0) is 32.2. The van der Waals surface area contributed by atoms with Crippen LogP contribution in [0.1, 0.15) is 57.5 Å². The predicted octanol–water partition coefficient (Wildman–Crippen LogP) is 6.25. The number of Topliss-reactive ketones (excluding diaryl/α,β-unsaturated/α-hetero) is 1. The third-order valence-electron chi connectivity index (χ3n) is 7.20. The second kappa shape index (κ2) is 13.2. The molecule has 0 spiro atoms. The van der Waals surface area contributed by atoms with Crippen molar-refractivity contribution in [2.75, 3.05) is 18.1 Å². The van der Waals surface area contributed by atoms with Crippen LogP contribution in [0.5, 0.6) is 17.2 Å². The number of carbonyl (C=O) groups is 3. The number of aromatic nitrogens is 1. The summed E-state index contributed by atoms with van der Waals surface area (Å²) in [5, 5.41) is 22.1. The molecule has 3 aromatic carbocycles. The Bertz CT molecular complexity index is 1800. The molecule has 45 heavy (non-hydrogen) atoms. The van der Waals surface area contributed by atoms with Crippen molar-refractivity contribution in [3.8, 4) is 17.2 Å². The summed E-state index contributed by atoms with van der Waals surface area (Å²) in [6, 6.07) is 18.0. The first kappa shape index (κ1) is 31.3. The first-order valence-corrected chi connectivity index (χ1v) is 15.1. The van der Waals surface area contributed by atoms with E-state index in [0.717, 1.165) is 21.8 Å². The van der Waals surface area contributed by atoms with E-state index in [-0.39, 0.29) is 40.3 Å². The van der Waals surface area contributed by atoms with Crippen LogP contribution in [0.25, 0.3) is 5.76 Å². The van der Waals surface area contributed by atoms with E-state index in [2.05, 4.69) is 4.98 Å². The molecule has 10 nitrogen and oxygen atoms in total. The van der Waals surface area contributed by atoms with Crippen LogP contribution >= 0.6 is 11.3 Å². The summed E-state index contributed by atoms with van der Waals surface area (Å²) in [5.41, 5.74) is 2.46. The minimum Gasteiger partial charge on any atom is -0.507 e. The van der Waals surface area contributed by atoms with Crippen molar-refractivity contribution < 1.29 is 38.8 Å². The van der Waals surface area contributed by atoms with Gasteiger partial charge in [0.2, 0.25) is 0 Å². The van der Waals surface area contributed by atoms with Gasteiger partial charge in [0, 0.05) is 5.56 Å². The van der Waals surface area contributed by atoms with Gasteiger partial charge in [0.1, 0.15) is 23.0 Å². The molecule has 232 valence electrons. The van der Waals surface area contributed by atoms with Crippen LogP contribution in [-0.4, -0.2) is 46.1 Å². The van der Waals surface area contributed by atoms with Crippen LogP contribution in [0.3, 0.4) is 0 Å². The minimum absolute atomic E-state index is 0.0779. The number of hydrogen-bond acceptors (Lipinski definition) is 10. The molecule has 11 heteroatoms. The Morgan fingerprint density at radius 2 is 1.73 bits per heavy atom. The van der Waals surface area contributed by atoms with Gasteiger partial charge in [0.15, 0.2) is 16.6 Å². The quantitative estimate of drug-likeness (QED) is 0.0905. The standard InChI is InChI=1S/C34H32N2O8S/c1-5-42-26-17-22(12-15-25(26)37)28-27(30(39)32(40)36(28)34-35-20(4)31(45-34)33(41)43-6-2)29(38)24-14-13-23(16-19(24)3)44-18-21-10-8-7-9-11-21/h7-17,28,37-38H,5-6,18H2,1-4H3/b29-27+/t28-/m0/s1. The first-order chi connectivity index (χ1) is 21.6. The van der Waals surface area contributed by atoms with Gasteiger partial charge >= 0.3 is 11.9 Å². The van der Waals surface area contributed by atoms with Gasteiger partial charge in [-0.2, -0.15) is 0 Å². The molecule has 0 radical (unpaired) electrons. The van der Waals surface area contributed by atoms with Gasteiger partial charge in [-0.25, -0.2) is 9.78 Å². The molecule has 0 unspecified atom stereocenters. The van der Waals surface area contributed by atoms with Crippen molar-refractivity contribution in [2.24, 2.45) is 0 Å². The van der Waals surface area contributed by atoms with Gasteiger partial charge in [0.25, 0.3) is 5.78 Å². The number of ether oxygens (including phenoxy) is 3. The average Bonchev–Trinajstić information content (AvgIpc) is 3.53. The summed E-state index contributed by atoms with van der Waals surface area (Å²) >= 11 is 0.911. The Morgan fingerprint density at radius 3 is 2.42 bits per heavy atom. The first-order valence-electron chi connectivity index (χ1n) is 14.3. The number of anilines is 1. The number of esters is 1. The van der Waals surface area contributed by atoms with E-state index in [9.17, 15) is 24.6 Å². The molecule has 1 fully saturated rings. The number of rotatable bonds is 10. The van der Waals surface area contributed by atoms with Crippen molar-refractivity contribution in [1.29, 1.82) is 0 Å². The lowest BCUT2D eigenvalue weighted by molar-refractivity contribution is -0.132. The number of ketones is 1.